The fourth-order valence-electron chi connectivity index (χ4n) is 6.88. The highest BCUT2D eigenvalue weighted by Crippen LogP contribution is 2.65. The Hall–Kier alpha value is -0.830. The maximum Gasteiger partial charge on any atom is 0.331 e. The first kappa shape index (κ1) is 15.7. The van der Waals surface area contributed by atoms with Crippen LogP contribution in [0.1, 0.15) is 59.8 Å². The molecule has 3 aliphatic carbocycles. The molecule has 0 unspecified atom stereocenters. The SMILES string of the molecule is C[C@@H]1C2=CC(=O)O[C@@H]2C[C@@H]2[C@@H]1CC[C@@H]1C(C)(C)CC[C@H](O)[C@]21C. The first-order valence-electron chi connectivity index (χ1n) is 9.35. The van der Waals surface area contributed by atoms with Crippen molar-refractivity contribution in [3.05, 3.63) is 11.6 Å². The van der Waals surface area contributed by atoms with Crippen LogP contribution in [0.4, 0.5) is 0 Å². The maximum absolute atomic E-state index is 11.7. The van der Waals surface area contributed by atoms with E-state index >= 15 is 0 Å². The summed E-state index contributed by atoms with van der Waals surface area (Å²) < 4.78 is 5.58. The zero-order chi connectivity index (χ0) is 16.6. The van der Waals surface area contributed by atoms with Crippen LogP contribution in [0.2, 0.25) is 0 Å². The van der Waals surface area contributed by atoms with Gasteiger partial charge in [-0.2, -0.15) is 0 Å². The summed E-state index contributed by atoms with van der Waals surface area (Å²) >= 11 is 0. The highest BCUT2D eigenvalue weighted by Gasteiger charge is 2.61. The van der Waals surface area contributed by atoms with Crippen LogP contribution in [-0.2, 0) is 9.53 Å². The Balaban J connectivity index is 1.73. The molecule has 0 saturated heterocycles. The van der Waals surface area contributed by atoms with E-state index in [1.807, 2.05) is 0 Å². The molecule has 3 saturated carbocycles. The fourth-order valence-corrected chi connectivity index (χ4v) is 6.88. The number of esters is 1. The third-order valence-electron chi connectivity index (χ3n) is 8.13. The molecule has 0 aromatic rings. The molecule has 23 heavy (non-hydrogen) atoms. The number of ether oxygens (including phenoxy) is 1. The van der Waals surface area contributed by atoms with Crippen molar-refractivity contribution in [3.8, 4) is 0 Å². The molecule has 128 valence electrons. The molecular weight excluding hydrogens is 288 g/mol. The minimum absolute atomic E-state index is 0.0356. The van der Waals surface area contributed by atoms with Gasteiger partial charge in [-0.3, -0.25) is 0 Å². The highest BCUT2D eigenvalue weighted by molar-refractivity contribution is 5.86. The summed E-state index contributed by atoms with van der Waals surface area (Å²) in [5, 5.41) is 11.0. The van der Waals surface area contributed by atoms with E-state index in [4.69, 9.17) is 4.74 Å². The van der Waals surface area contributed by atoms with Gasteiger partial charge in [0.2, 0.25) is 0 Å². The Kier molecular flexibility index (Phi) is 3.30. The summed E-state index contributed by atoms with van der Waals surface area (Å²) in [6, 6.07) is 0. The lowest BCUT2D eigenvalue weighted by Gasteiger charge is -2.63. The van der Waals surface area contributed by atoms with Gasteiger partial charge in [0, 0.05) is 11.5 Å². The van der Waals surface area contributed by atoms with E-state index < -0.39 is 0 Å². The molecule has 0 aromatic carbocycles. The zero-order valence-corrected chi connectivity index (χ0v) is 14.8. The molecule has 0 amide bonds. The lowest BCUT2D eigenvalue weighted by molar-refractivity contribution is -0.186. The molecule has 4 rings (SSSR count). The normalized spacial score (nSPS) is 51.2. The average molecular weight is 318 g/mol. The average Bonchev–Trinajstić information content (AvgIpc) is 2.85. The Morgan fingerprint density at radius 1 is 1.22 bits per heavy atom. The lowest BCUT2D eigenvalue weighted by atomic mass is 9.42. The first-order chi connectivity index (χ1) is 10.7. The molecule has 3 fully saturated rings. The first-order valence-corrected chi connectivity index (χ1v) is 9.35. The Morgan fingerprint density at radius 3 is 2.70 bits per heavy atom. The summed E-state index contributed by atoms with van der Waals surface area (Å²) in [5.74, 6) is 1.84. The van der Waals surface area contributed by atoms with E-state index in [2.05, 4.69) is 27.7 Å². The van der Waals surface area contributed by atoms with Crippen LogP contribution in [0.15, 0.2) is 11.6 Å². The number of hydrogen-bond donors (Lipinski definition) is 1. The van der Waals surface area contributed by atoms with E-state index in [1.54, 1.807) is 6.08 Å². The second-order valence-corrected chi connectivity index (χ2v) is 9.40. The second kappa shape index (κ2) is 4.84. The quantitative estimate of drug-likeness (QED) is 0.693. The molecule has 1 heterocycles. The number of aliphatic hydroxyl groups is 1. The smallest absolute Gasteiger partial charge is 0.331 e. The van der Waals surface area contributed by atoms with Gasteiger partial charge in [-0.25, -0.2) is 4.79 Å². The van der Waals surface area contributed by atoms with Gasteiger partial charge in [0.05, 0.1) is 6.10 Å². The van der Waals surface area contributed by atoms with Crippen molar-refractivity contribution < 1.29 is 14.6 Å². The van der Waals surface area contributed by atoms with Crippen molar-refractivity contribution in [3.63, 3.8) is 0 Å². The van der Waals surface area contributed by atoms with E-state index in [0.717, 1.165) is 19.3 Å². The van der Waals surface area contributed by atoms with Crippen LogP contribution in [0.3, 0.4) is 0 Å². The number of carbonyl (C=O) groups excluding carboxylic acids is 1. The number of carbonyl (C=O) groups is 1. The van der Waals surface area contributed by atoms with Crippen LogP contribution in [0, 0.1) is 34.5 Å². The van der Waals surface area contributed by atoms with Crippen molar-refractivity contribution >= 4 is 5.97 Å². The van der Waals surface area contributed by atoms with Gasteiger partial charge in [0.1, 0.15) is 6.10 Å². The summed E-state index contributed by atoms with van der Waals surface area (Å²) in [7, 11) is 0. The lowest BCUT2D eigenvalue weighted by Crippen LogP contribution is -2.60. The van der Waals surface area contributed by atoms with Gasteiger partial charge in [-0.15, -0.1) is 0 Å². The van der Waals surface area contributed by atoms with Crippen LogP contribution >= 0.6 is 0 Å². The molecule has 0 aromatic heterocycles. The number of fused-ring (bicyclic) bond motifs is 4. The van der Waals surface area contributed by atoms with Crippen molar-refractivity contribution in [2.45, 2.75) is 72.0 Å². The molecule has 7 atom stereocenters. The number of hydrogen-bond acceptors (Lipinski definition) is 3. The molecule has 3 nitrogen and oxygen atoms in total. The van der Waals surface area contributed by atoms with Crippen molar-refractivity contribution in [2.75, 3.05) is 0 Å². The van der Waals surface area contributed by atoms with Gasteiger partial charge in [-0.05, 0) is 66.8 Å². The van der Waals surface area contributed by atoms with Gasteiger partial charge >= 0.3 is 5.97 Å². The molecule has 1 aliphatic heterocycles. The summed E-state index contributed by atoms with van der Waals surface area (Å²) in [5.41, 5.74) is 1.47. The van der Waals surface area contributed by atoms with Gasteiger partial charge in [0.25, 0.3) is 0 Å². The molecule has 4 aliphatic rings. The Bertz CT molecular complexity index is 563. The zero-order valence-electron chi connectivity index (χ0n) is 14.8. The van der Waals surface area contributed by atoms with E-state index in [1.165, 1.54) is 18.4 Å². The van der Waals surface area contributed by atoms with E-state index in [9.17, 15) is 9.90 Å². The van der Waals surface area contributed by atoms with Crippen LogP contribution in [0.5, 0.6) is 0 Å². The predicted molar refractivity (Wildman–Crippen MR) is 88.6 cm³/mol. The fraction of sp³-hybridized carbons (Fsp3) is 0.850. The highest BCUT2D eigenvalue weighted by atomic mass is 16.5. The molecule has 0 bridgehead atoms. The minimum Gasteiger partial charge on any atom is -0.455 e. The second-order valence-electron chi connectivity index (χ2n) is 9.40. The summed E-state index contributed by atoms with van der Waals surface area (Å²) in [6.45, 7) is 9.37. The van der Waals surface area contributed by atoms with Gasteiger partial charge in [-0.1, -0.05) is 27.7 Å². The number of rotatable bonds is 0. The van der Waals surface area contributed by atoms with E-state index in [-0.39, 0.29) is 23.6 Å². The Morgan fingerprint density at radius 2 is 1.96 bits per heavy atom. The van der Waals surface area contributed by atoms with Crippen molar-refractivity contribution in [1.82, 2.24) is 0 Å². The predicted octanol–water partition coefficient (Wildman–Crippen LogP) is 3.71. The van der Waals surface area contributed by atoms with Crippen LogP contribution in [0.25, 0.3) is 0 Å². The van der Waals surface area contributed by atoms with Crippen molar-refractivity contribution in [2.24, 2.45) is 34.5 Å². The topological polar surface area (TPSA) is 46.5 Å². The molecule has 1 N–H and O–H groups in total. The van der Waals surface area contributed by atoms with Crippen molar-refractivity contribution in [1.29, 1.82) is 0 Å². The molecule has 0 radical (unpaired) electrons. The third-order valence-corrected chi connectivity index (χ3v) is 8.13. The van der Waals surface area contributed by atoms with Gasteiger partial charge in [0.15, 0.2) is 0 Å². The minimum atomic E-state index is -0.219. The molecular formula is C20H30O3. The maximum atomic E-state index is 11.7. The third kappa shape index (κ3) is 2.01. The van der Waals surface area contributed by atoms with Crippen LogP contribution < -0.4 is 0 Å². The molecule has 0 spiro atoms. The molecule has 3 heteroatoms. The summed E-state index contributed by atoms with van der Waals surface area (Å²) in [6.07, 6.45) is 6.85. The number of aliphatic hydroxyl groups excluding tert-OH is 1. The van der Waals surface area contributed by atoms with Crippen LogP contribution in [-0.4, -0.2) is 23.3 Å². The largest absolute Gasteiger partial charge is 0.455 e. The van der Waals surface area contributed by atoms with Gasteiger partial charge < -0.3 is 9.84 Å². The van der Waals surface area contributed by atoms with E-state index in [0.29, 0.717) is 29.1 Å². The monoisotopic (exact) mass is 318 g/mol. The Labute approximate surface area is 139 Å². The standard InChI is InChI=1S/C20H30O3/c1-11-12-5-6-16-19(2,3)8-7-17(21)20(16,4)14(12)10-15-13(11)9-18(22)23-15/h9,11-12,14-17,21H,5-8,10H2,1-4H3/t11-,12+,14+,15+,16+,17-,20+/m0/s1. The summed E-state index contributed by atoms with van der Waals surface area (Å²) in [4.78, 5) is 11.7.